The molecule has 0 aliphatic carbocycles. The first-order valence-electron chi connectivity index (χ1n) is 7.25. The second-order valence-electron chi connectivity index (χ2n) is 5.23. The van der Waals surface area contributed by atoms with Crippen molar-refractivity contribution in [1.29, 1.82) is 0 Å². The van der Waals surface area contributed by atoms with E-state index in [2.05, 4.69) is 46.5 Å². The first-order chi connectivity index (χ1) is 11.3. The van der Waals surface area contributed by atoms with Gasteiger partial charge in [0.15, 0.2) is 6.61 Å². The third-order valence-electron chi connectivity index (χ3n) is 3.51. The normalized spacial score (nSPS) is 11.0. The van der Waals surface area contributed by atoms with Crippen molar-refractivity contribution in [2.75, 3.05) is 0 Å². The van der Waals surface area contributed by atoms with Gasteiger partial charge in [-0.1, -0.05) is 46.8 Å². The zero-order chi connectivity index (χ0) is 15.6. The first-order valence-corrected chi connectivity index (χ1v) is 8.13. The van der Waals surface area contributed by atoms with Crippen molar-refractivity contribution < 1.29 is 4.84 Å². The lowest BCUT2D eigenvalue weighted by atomic mass is 10.2. The van der Waals surface area contributed by atoms with E-state index in [1.54, 1.807) is 11.3 Å². The molecule has 4 rings (SSSR count). The maximum Gasteiger partial charge on any atom is 0.160 e. The van der Waals surface area contributed by atoms with Crippen molar-refractivity contribution in [2.24, 2.45) is 0 Å². The number of nitrogens with zero attached hydrogens (tertiary/aromatic N) is 4. The van der Waals surface area contributed by atoms with Crippen LogP contribution in [0.2, 0.25) is 0 Å². The first kappa shape index (κ1) is 13.9. The number of hydrogen-bond acceptors (Lipinski definition) is 5. The van der Waals surface area contributed by atoms with Crippen molar-refractivity contribution in [1.82, 2.24) is 20.1 Å². The van der Waals surface area contributed by atoms with Crippen LogP contribution in [0.3, 0.4) is 0 Å². The zero-order valence-corrected chi connectivity index (χ0v) is 13.3. The fourth-order valence-corrected chi connectivity index (χ4v) is 3.08. The summed E-state index contributed by atoms with van der Waals surface area (Å²) in [7, 11) is 0. The lowest BCUT2D eigenvalue weighted by Gasteiger charge is -2.02. The maximum absolute atomic E-state index is 5.70. The van der Waals surface area contributed by atoms with Crippen LogP contribution in [0.4, 0.5) is 0 Å². The number of aromatic nitrogens is 4. The van der Waals surface area contributed by atoms with E-state index in [1.165, 1.54) is 10.4 Å². The summed E-state index contributed by atoms with van der Waals surface area (Å²) in [6.07, 6.45) is 0. The molecule has 2 heterocycles. The summed E-state index contributed by atoms with van der Waals surface area (Å²) in [5.41, 5.74) is 4.91. The molecule has 2 aromatic heterocycles. The van der Waals surface area contributed by atoms with E-state index in [0.717, 1.165) is 27.3 Å². The van der Waals surface area contributed by atoms with Crippen molar-refractivity contribution in [3.8, 4) is 10.6 Å². The Morgan fingerprint density at radius 2 is 1.91 bits per heavy atom. The van der Waals surface area contributed by atoms with Crippen LogP contribution in [0, 0.1) is 6.92 Å². The largest absolute Gasteiger partial charge is 0.388 e. The minimum atomic E-state index is 0.357. The summed E-state index contributed by atoms with van der Waals surface area (Å²) in [6, 6.07) is 16.0. The number of benzene rings is 2. The molecule has 0 spiro atoms. The number of fused-ring (bicyclic) bond motifs is 1. The molecular formula is C17H14N4OS. The van der Waals surface area contributed by atoms with Gasteiger partial charge >= 0.3 is 0 Å². The molecule has 0 saturated heterocycles. The monoisotopic (exact) mass is 322 g/mol. The Labute approximate surface area is 137 Å². The molecule has 0 unspecified atom stereocenters. The van der Waals surface area contributed by atoms with Crippen molar-refractivity contribution in [2.45, 2.75) is 13.5 Å². The van der Waals surface area contributed by atoms with Gasteiger partial charge < -0.3 is 4.84 Å². The highest BCUT2D eigenvalue weighted by molar-refractivity contribution is 7.13. The lowest BCUT2D eigenvalue weighted by Crippen LogP contribution is -2.12. The fourth-order valence-electron chi connectivity index (χ4n) is 2.27. The van der Waals surface area contributed by atoms with Crippen molar-refractivity contribution in [3.05, 3.63) is 65.2 Å². The molecular weight excluding hydrogens is 308 g/mol. The summed E-state index contributed by atoms with van der Waals surface area (Å²) in [5, 5.41) is 11.1. The molecule has 0 bridgehead atoms. The predicted octanol–water partition coefficient (Wildman–Crippen LogP) is 3.49. The third-order valence-corrected chi connectivity index (χ3v) is 4.45. The Bertz CT molecular complexity index is 943. The van der Waals surface area contributed by atoms with Crippen LogP contribution in [0.15, 0.2) is 53.9 Å². The van der Waals surface area contributed by atoms with Gasteiger partial charge in [0.1, 0.15) is 16.0 Å². The van der Waals surface area contributed by atoms with Gasteiger partial charge in [0.2, 0.25) is 0 Å². The number of thiazole rings is 1. The van der Waals surface area contributed by atoms with E-state index in [9.17, 15) is 0 Å². The van der Waals surface area contributed by atoms with Crippen LogP contribution in [0.1, 0.15) is 11.3 Å². The van der Waals surface area contributed by atoms with Gasteiger partial charge in [0, 0.05) is 10.9 Å². The van der Waals surface area contributed by atoms with E-state index in [1.807, 2.05) is 29.6 Å². The average molecular weight is 322 g/mol. The number of aryl methyl sites for hydroxylation is 1. The Kier molecular flexibility index (Phi) is 3.51. The number of hydrogen-bond donors (Lipinski definition) is 0. The summed E-state index contributed by atoms with van der Waals surface area (Å²) in [6.45, 7) is 2.43. The van der Waals surface area contributed by atoms with Crippen LogP contribution in [-0.4, -0.2) is 20.1 Å². The summed E-state index contributed by atoms with van der Waals surface area (Å²) < 4.78 is 0. The Morgan fingerprint density at radius 1 is 1.09 bits per heavy atom. The average Bonchev–Trinajstić information content (AvgIpc) is 3.20. The molecule has 114 valence electrons. The molecule has 5 nitrogen and oxygen atoms in total. The van der Waals surface area contributed by atoms with Gasteiger partial charge in [0.25, 0.3) is 0 Å². The fraction of sp³-hybridized carbons (Fsp3) is 0.118. The van der Waals surface area contributed by atoms with E-state index >= 15 is 0 Å². The molecule has 0 saturated carbocycles. The van der Waals surface area contributed by atoms with E-state index in [-0.39, 0.29) is 0 Å². The van der Waals surface area contributed by atoms with E-state index < -0.39 is 0 Å². The topological polar surface area (TPSA) is 52.8 Å². The molecule has 0 N–H and O–H groups in total. The molecule has 0 radical (unpaired) electrons. The minimum Gasteiger partial charge on any atom is -0.388 e. The van der Waals surface area contributed by atoms with E-state index in [0.29, 0.717) is 6.61 Å². The molecule has 2 aromatic carbocycles. The summed E-state index contributed by atoms with van der Waals surface area (Å²) >= 11 is 1.61. The minimum absolute atomic E-state index is 0.357. The zero-order valence-electron chi connectivity index (χ0n) is 12.5. The van der Waals surface area contributed by atoms with E-state index in [4.69, 9.17) is 4.84 Å². The van der Waals surface area contributed by atoms with Crippen molar-refractivity contribution >= 4 is 22.4 Å². The number of para-hydroxylation sites is 1. The van der Waals surface area contributed by atoms with Crippen LogP contribution in [0.25, 0.3) is 21.6 Å². The molecule has 0 amide bonds. The molecule has 0 aliphatic heterocycles. The van der Waals surface area contributed by atoms with Gasteiger partial charge in [-0.25, -0.2) is 4.98 Å². The van der Waals surface area contributed by atoms with Crippen LogP contribution in [0.5, 0.6) is 0 Å². The molecule has 4 aromatic rings. The molecule has 0 aliphatic rings. The van der Waals surface area contributed by atoms with Crippen molar-refractivity contribution in [3.63, 3.8) is 0 Å². The third kappa shape index (κ3) is 2.80. The lowest BCUT2D eigenvalue weighted by molar-refractivity contribution is 0.0735. The molecule has 6 heteroatoms. The second-order valence-corrected chi connectivity index (χ2v) is 6.09. The Morgan fingerprint density at radius 3 is 2.78 bits per heavy atom. The van der Waals surface area contributed by atoms with Gasteiger partial charge in [-0.05, 0) is 24.3 Å². The van der Waals surface area contributed by atoms with Gasteiger partial charge in [0.05, 0.1) is 5.69 Å². The molecule has 0 atom stereocenters. The summed E-state index contributed by atoms with van der Waals surface area (Å²) in [4.78, 5) is 11.8. The highest BCUT2D eigenvalue weighted by Gasteiger charge is 2.08. The van der Waals surface area contributed by atoms with Gasteiger partial charge in [-0.3, -0.25) is 0 Å². The number of rotatable bonds is 4. The predicted molar refractivity (Wildman–Crippen MR) is 90.1 cm³/mol. The standard InChI is InChI=1S/C17H14N4OS/c1-12-6-8-13(9-7-12)17-18-14(11-23-17)10-22-21-16-5-3-2-4-15(16)19-20-21/h2-9,11H,10H2,1H3. The Hall–Kier alpha value is -2.73. The highest BCUT2D eigenvalue weighted by Crippen LogP contribution is 2.24. The van der Waals surface area contributed by atoms with Crippen LogP contribution in [-0.2, 0) is 6.61 Å². The highest BCUT2D eigenvalue weighted by atomic mass is 32.1. The van der Waals surface area contributed by atoms with Gasteiger partial charge in [-0.15, -0.1) is 16.4 Å². The van der Waals surface area contributed by atoms with Crippen LogP contribution >= 0.6 is 11.3 Å². The SMILES string of the molecule is Cc1ccc(-c2nc(COn3nnc4ccccc43)cs2)cc1. The maximum atomic E-state index is 5.70. The molecule has 23 heavy (non-hydrogen) atoms. The second kappa shape index (κ2) is 5.81. The molecule has 0 fully saturated rings. The quantitative estimate of drug-likeness (QED) is 0.577. The smallest absolute Gasteiger partial charge is 0.160 e. The summed E-state index contributed by atoms with van der Waals surface area (Å²) in [5.74, 6) is 0. The van der Waals surface area contributed by atoms with Crippen LogP contribution < -0.4 is 4.84 Å². The van der Waals surface area contributed by atoms with Gasteiger partial charge in [-0.2, -0.15) is 0 Å². The Balaban J connectivity index is 1.51.